The number of benzene rings is 1. The second-order valence-electron chi connectivity index (χ2n) is 3.61. The minimum atomic E-state index is -0.500. The number of hydrogen-bond donors (Lipinski definition) is 1. The van der Waals surface area contributed by atoms with Crippen molar-refractivity contribution in [3.05, 3.63) is 38.6 Å². The maximum absolute atomic E-state index is 9.51. The lowest BCUT2D eigenvalue weighted by Gasteiger charge is -2.01. The van der Waals surface area contributed by atoms with Crippen molar-refractivity contribution < 1.29 is 5.11 Å². The zero-order valence-corrected chi connectivity index (χ0v) is 11.5. The highest BCUT2D eigenvalue weighted by atomic mass is 79.9. The van der Waals surface area contributed by atoms with Crippen LogP contribution in [0.5, 0.6) is 0 Å². The molecule has 0 aliphatic rings. The first kappa shape index (κ1) is 11.8. The quantitative estimate of drug-likeness (QED) is 0.911. The van der Waals surface area contributed by atoms with Crippen molar-refractivity contribution in [2.45, 2.75) is 20.0 Å². The Hall–Kier alpha value is -0.710. The first-order valence-electron chi connectivity index (χ1n) is 5.00. The third-order valence-electron chi connectivity index (χ3n) is 2.30. The monoisotopic (exact) mass is 297 g/mol. The minimum Gasteiger partial charge on any atom is -0.386 e. The summed E-state index contributed by atoms with van der Waals surface area (Å²) >= 11 is 5.06. The summed E-state index contributed by atoms with van der Waals surface area (Å²) in [5.41, 5.74) is 2.02. The van der Waals surface area contributed by atoms with E-state index in [9.17, 15) is 5.11 Å². The van der Waals surface area contributed by atoms with Crippen LogP contribution in [0, 0.1) is 6.92 Å². The molecule has 2 rings (SSSR count). The van der Waals surface area contributed by atoms with E-state index in [2.05, 4.69) is 20.9 Å². The van der Waals surface area contributed by atoms with Crippen molar-refractivity contribution in [1.29, 1.82) is 0 Å². The lowest BCUT2D eigenvalue weighted by atomic mass is 10.1. The number of aliphatic hydroxyl groups is 1. The smallest absolute Gasteiger partial charge is 0.122 e. The molecule has 0 aliphatic carbocycles. The van der Waals surface area contributed by atoms with Gasteiger partial charge in [-0.3, -0.25) is 0 Å². The van der Waals surface area contributed by atoms with Gasteiger partial charge in [0.25, 0.3) is 0 Å². The third-order valence-corrected chi connectivity index (χ3v) is 4.13. The maximum Gasteiger partial charge on any atom is 0.122 e. The number of hydrogen-bond acceptors (Lipinski definition) is 3. The summed E-state index contributed by atoms with van der Waals surface area (Å²) in [7, 11) is 0. The molecule has 1 aromatic heterocycles. The Morgan fingerprint density at radius 3 is 2.62 bits per heavy atom. The molecule has 4 heteroatoms. The highest BCUT2D eigenvalue weighted by molar-refractivity contribution is 9.10. The standard InChI is InChI=1S/C12H12BrNOS/c1-7(15)12-14-11(8(2)16-12)9-5-3-4-6-10(9)13/h3-7,15H,1-2H3. The molecule has 1 heterocycles. The van der Waals surface area contributed by atoms with Gasteiger partial charge in [-0.2, -0.15) is 0 Å². The molecule has 1 N–H and O–H groups in total. The number of rotatable bonds is 2. The van der Waals surface area contributed by atoms with Crippen LogP contribution in [-0.4, -0.2) is 10.1 Å². The molecule has 1 unspecified atom stereocenters. The van der Waals surface area contributed by atoms with Gasteiger partial charge in [-0.15, -0.1) is 11.3 Å². The SMILES string of the molecule is Cc1sc(C(C)O)nc1-c1ccccc1Br. The molecule has 0 aliphatic heterocycles. The third kappa shape index (κ3) is 2.19. The van der Waals surface area contributed by atoms with E-state index in [0.29, 0.717) is 0 Å². The summed E-state index contributed by atoms with van der Waals surface area (Å²) in [6.45, 7) is 3.76. The fourth-order valence-corrected chi connectivity index (χ4v) is 2.84. The van der Waals surface area contributed by atoms with Crippen LogP contribution in [0.4, 0.5) is 0 Å². The van der Waals surface area contributed by atoms with Gasteiger partial charge in [0.2, 0.25) is 0 Å². The molecule has 84 valence electrons. The van der Waals surface area contributed by atoms with E-state index in [0.717, 1.165) is 25.6 Å². The van der Waals surface area contributed by atoms with Crippen LogP contribution in [0.25, 0.3) is 11.3 Å². The predicted molar refractivity (Wildman–Crippen MR) is 70.6 cm³/mol. The lowest BCUT2D eigenvalue weighted by Crippen LogP contribution is -1.89. The predicted octanol–water partition coefficient (Wildman–Crippen LogP) is 3.93. The fourth-order valence-electron chi connectivity index (χ4n) is 1.50. The molecular weight excluding hydrogens is 286 g/mol. The van der Waals surface area contributed by atoms with E-state index < -0.39 is 6.10 Å². The van der Waals surface area contributed by atoms with Crippen molar-refractivity contribution in [2.75, 3.05) is 0 Å². The first-order valence-corrected chi connectivity index (χ1v) is 6.61. The summed E-state index contributed by atoms with van der Waals surface area (Å²) in [6, 6.07) is 7.99. The van der Waals surface area contributed by atoms with Crippen molar-refractivity contribution in [2.24, 2.45) is 0 Å². The summed E-state index contributed by atoms with van der Waals surface area (Å²) in [5, 5.41) is 10.3. The van der Waals surface area contributed by atoms with Crippen molar-refractivity contribution in [1.82, 2.24) is 4.98 Å². The Bertz CT molecular complexity index is 507. The van der Waals surface area contributed by atoms with Gasteiger partial charge in [-0.05, 0) is 19.9 Å². The Morgan fingerprint density at radius 1 is 1.38 bits per heavy atom. The summed E-state index contributed by atoms with van der Waals surface area (Å²) in [4.78, 5) is 5.61. The van der Waals surface area contributed by atoms with Crippen LogP contribution in [-0.2, 0) is 0 Å². The van der Waals surface area contributed by atoms with Crippen molar-refractivity contribution in [3.63, 3.8) is 0 Å². The van der Waals surface area contributed by atoms with Crippen LogP contribution >= 0.6 is 27.3 Å². The van der Waals surface area contributed by atoms with Crippen LogP contribution < -0.4 is 0 Å². The van der Waals surface area contributed by atoms with Gasteiger partial charge in [0.05, 0.1) is 5.69 Å². The van der Waals surface area contributed by atoms with Gasteiger partial charge >= 0.3 is 0 Å². The van der Waals surface area contributed by atoms with Crippen LogP contribution in [0.3, 0.4) is 0 Å². The topological polar surface area (TPSA) is 33.1 Å². The van der Waals surface area contributed by atoms with E-state index in [4.69, 9.17) is 0 Å². The van der Waals surface area contributed by atoms with Crippen LogP contribution in [0.1, 0.15) is 22.9 Å². The summed E-state index contributed by atoms with van der Waals surface area (Å²) in [6.07, 6.45) is -0.500. The molecule has 0 radical (unpaired) electrons. The molecule has 16 heavy (non-hydrogen) atoms. The summed E-state index contributed by atoms with van der Waals surface area (Å²) < 4.78 is 1.03. The normalized spacial score (nSPS) is 12.8. The van der Waals surface area contributed by atoms with Crippen LogP contribution in [0.15, 0.2) is 28.7 Å². The second kappa shape index (κ2) is 4.65. The first-order chi connectivity index (χ1) is 7.59. The fraction of sp³-hybridized carbons (Fsp3) is 0.250. The molecule has 0 saturated carbocycles. The van der Waals surface area contributed by atoms with Crippen molar-refractivity contribution >= 4 is 27.3 Å². The van der Waals surface area contributed by atoms with E-state index in [1.807, 2.05) is 31.2 Å². The molecule has 0 amide bonds. The second-order valence-corrected chi connectivity index (χ2v) is 5.70. The zero-order chi connectivity index (χ0) is 11.7. The van der Waals surface area contributed by atoms with E-state index in [-0.39, 0.29) is 0 Å². The van der Waals surface area contributed by atoms with Gasteiger partial charge < -0.3 is 5.11 Å². The van der Waals surface area contributed by atoms with E-state index in [1.165, 1.54) is 0 Å². The molecule has 0 fully saturated rings. The largest absolute Gasteiger partial charge is 0.386 e. The average Bonchev–Trinajstić information content (AvgIpc) is 2.61. The lowest BCUT2D eigenvalue weighted by molar-refractivity contribution is 0.199. The molecule has 1 aromatic carbocycles. The molecule has 0 saturated heterocycles. The molecule has 0 bridgehead atoms. The van der Waals surface area contributed by atoms with Crippen molar-refractivity contribution in [3.8, 4) is 11.3 Å². The summed E-state index contributed by atoms with van der Waals surface area (Å²) in [5.74, 6) is 0. The van der Waals surface area contributed by atoms with Gasteiger partial charge in [0.1, 0.15) is 11.1 Å². The number of thiazole rings is 1. The number of halogens is 1. The highest BCUT2D eigenvalue weighted by Crippen LogP contribution is 2.34. The highest BCUT2D eigenvalue weighted by Gasteiger charge is 2.14. The van der Waals surface area contributed by atoms with Crippen LogP contribution in [0.2, 0.25) is 0 Å². The van der Waals surface area contributed by atoms with Gasteiger partial charge in [-0.25, -0.2) is 4.98 Å². The number of aryl methyl sites for hydroxylation is 1. The average molecular weight is 298 g/mol. The number of aliphatic hydroxyl groups excluding tert-OH is 1. The molecule has 1 atom stereocenters. The maximum atomic E-state index is 9.51. The van der Waals surface area contributed by atoms with Gasteiger partial charge in [0, 0.05) is 14.9 Å². The number of aromatic nitrogens is 1. The number of nitrogens with zero attached hydrogens (tertiary/aromatic N) is 1. The molecule has 2 aromatic rings. The minimum absolute atomic E-state index is 0.500. The van der Waals surface area contributed by atoms with E-state index >= 15 is 0 Å². The Balaban J connectivity index is 2.52. The molecule has 2 nitrogen and oxygen atoms in total. The zero-order valence-electron chi connectivity index (χ0n) is 9.07. The van der Waals surface area contributed by atoms with Gasteiger partial charge in [0.15, 0.2) is 0 Å². The molecular formula is C12H12BrNOS. The Labute approximate surface area is 107 Å². The van der Waals surface area contributed by atoms with E-state index in [1.54, 1.807) is 18.3 Å². The Kier molecular flexibility index (Phi) is 3.42. The molecule has 0 spiro atoms. The van der Waals surface area contributed by atoms with Gasteiger partial charge in [-0.1, -0.05) is 34.1 Å². The Morgan fingerprint density at radius 2 is 2.06 bits per heavy atom.